The Hall–Kier alpha value is -3.03. The number of methoxy groups -OCH3 is 3. The molecule has 1 aromatic heterocycles. The first-order valence-electron chi connectivity index (χ1n) is 9.18. The van der Waals surface area contributed by atoms with E-state index in [-0.39, 0.29) is 18.1 Å². The van der Waals surface area contributed by atoms with Crippen LogP contribution in [-0.4, -0.2) is 49.4 Å². The van der Waals surface area contributed by atoms with Crippen molar-refractivity contribution in [2.24, 2.45) is 0 Å². The van der Waals surface area contributed by atoms with Gasteiger partial charge < -0.3 is 24.3 Å². The Labute approximate surface area is 164 Å². The molecule has 0 radical (unpaired) electrons. The molecule has 8 heteroatoms. The number of rotatable bonds is 7. The fourth-order valence-corrected chi connectivity index (χ4v) is 3.23. The maximum atomic E-state index is 12.6. The molecule has 150 valence electrons. The van der Waals surface area contributed by atoms with Crippen LogP contribution in [0.2, 0.25) is 0 Å². The molecule has 0 saturated heterocycles. The maximum Gasteiger partial charge on any atom is 0.255 e. The molecule has 3 rings (SSSR count). The number of benzene rings is 1. The molecule has 0 bridgehead atoms. The standard InChI is InChI=1S/C20H25N3O5/c1-25-15-8-9-16(17(10-15)26-2)20(24)22-13-4-6-14(7-5-13)28-19-12-21-11-18(23-19)27-3/h8-14H,4-7H2,1-3H3,(H,22,24). The Morgan fingerprint density at radius 3 is 2.43 bits per heavy atom. The van der Waals surface area contributed by atoms with E-state index in [0.29, 0.717) is 28.8 Å². The van der Waals surface area contributed by atoms with Gasteiger partial charge in [-0.1, -0.05) is 0 Å². The summed E-state index contributed by atoms with van der Waals surface area (Å²) in [6.45, 7) is 0. The summed E-state index contributed by atoms with van der Waals surface area (Å²) in [5.41, 5.74) is 0.494. The highest BCUT2D eigenvalue weighted by Crippen LogP contribution is 2.27. The molecular formula is C20H25N3O5. The number of amides is 1. The number of nitrogens with zero attached hydrogens (tertiary/aromatic N) is 2. The number of nitrogens with one attached hydrogen (secondary N) is 1. The third-order valence-corrected chi connectivity index (χ3v) is 4.75. The van der Waals surface area contributed by atoms with Gasteiger partial charge in [0.05, 0.1) is 39.3 Å². The molecule has 0 spiro atoms. The van der Waals surface area contributed by atoms with Gasteiger partial charge >= 0.3 is 0 Å². The van der Waals surface area contributed by atoms with Crippen LogP contribution >= 0.6 is 0 Å². The van der Waals surface area contributed by atoms with Gasteiger partial charge in [0.2, 0.25) is 11.8 Å². The highest BCUT2D eigenvalue weighted by atomic mass is 16.5. The first-order chi connectivity index (χ1) is 13.6. The molecule has 1 fully saturated rings. The number of aromatic nitrogens is 2. The van der Waals surface area contributed by atoms with Crippen LogP contribution in [-0.2, 0) is 0 Å². The number of carbonyl (C=O) groups is 1. The summed E-state index contributed by atoms with van der Waals surface area (Å²) in [5, 5.41) is 3.09. The zero-order valence-electron chi connectivity index (χ0n) is 16.3. The van der Waals surface area contributed by atoms with Crippen molar-refractivity contribution in [3.05, 3.63) is 36.2 Å². The summed E-state index contributed by atoms with van der Waals surface area (Å²) in [4.78, 5) is 20.9. The summed E-state index contributed by atoms with van der Waals surface area (Å²) in [6, 6.07) is 5.26. The Kier molecular flexibility index (Phi) is 6.52. The molecular weight excluding hydrogens is 362 g/mol. The predicted molar refractivity (Wildman–Crippen MR) is 102 cm³/mol. The zero-order valence-corrected chi connectivity index (χ0v) is 16.3. The van der Waals surface area contributed by atoms with E-state index in [1.54, 1.807) is 38.6 Å². The van der Waals surface area contributed by atoms with Crippen molar-refractivity contribution in [2.75, 3.05) is 21.3 Å². The van der Waals surface area contributed by atoms with Crippen molar-refractivity contribution in [3.8, 4) is 23.3 Å². The van der Waals surface area contributed by atoms with Gasteiger partial charge in [-0.2, -0.15) is 4.98 Å². The summed E-state index contributed by atoms with van der Waals surface area (Å²) < 4.78 is 21.4. The average Bonchev–Trinajstić information content (AvgIpc) is 2.74. The smallest absolute Gasteiger partial charge is 0.255 e. The topological polar surface area (TPSA) is 91.8 Å². The Morgan fingerprint density at radius 1 is 1.00 bits per heavy atom. The largest absolute Gasteiger partial charge is 0.497 e. The molecule has 0 aliphatic heterocycles. The van der Waals surface area contributed by atoms with Crippen LogP contribution in [0.4, 0.5) is 0 Å². The van der Waals surface area contributed by atoms with E-state index < -0.39 is 0 Å². The van der Waals surface area contributed by atoms with E-state index in [0.717, 1.165) is 25.7 Å². The highest BCUT2D eigenvalue weighted by molar-refractivity contribution is 5.97. The Balaban J connectivity index is 1.53. The molecule has 1 saturated carbocycles. The van der Waals surface area contributed by atoms with Crippen LogP contribution < -0.4 is 24.3 Å². The van der Waals surface area contributed by atoms with Crippen LogP contribution in [0.15, 0.2) is 30.6 Å². The normalized spacial score (nSPS) is 18.8. The van der Waals surface area contributed by atoms with Crippen LogP contribution in [0.3, 0.4) is 0 Å². The lowest BCUT2D eigenvalue weighted by Gasteiger charge is -2.29. The van der Waals surface area contributed by atoms with Crippen molar-refractivity contribution < 1.29 is 23.7 Å². The Morgan fingerprint density at radius 2 is 1.75 bits per heavy atom. The zero-order chi connectivity index (χ0) is 19.9. The molecule has 8 nitrogen and oxygen atoms in total. The van der Waals surface area contributed by atoms with Crippen LogP contribution in [0, 0.1) is 0 Å². The monoisotopic (exact) mass is 387 g/mol. The molecule has 1 heterocycles. The second-order valence-corrected chi connectivity index (χ2v) is 6.53. The van der Waals surface area contributed by atoms with Gasteiger partial charge in [-0.3, -0.25) is 9.78 Å². The van der Waals surface area contributed by atoms with Crippen molar-refractivity contribution in [3.63, 3.8) is 0 Å². The quantitative estimate of drug-likeness (QED) is 0.781. The molecule has 1 aromatic carbocycles. The van der Waals surface area contributed by atoms with Crippen LogP contribution in [0.1, 0.15) is 36.0 Å². The number of ether oxygens (including phenoxy) is 4. The Bertz CT molecular complexity index is 806. The van der Waals surface area contributed by atoms with E-state index in [2.05, 4.69) is 15.3 Å². The lowest BCUT2D eigenvalue weighted by Crippen LogP contribution is -2.39. The minimum Gasteiger partial charge on any atom is -0.497 e. The van der Waals surface area contributed by atoms with Crippen LogP contribution in [0.25, 0.3) is 0 Å². The van der Waals surface area contributed by atoms with E-state index in [1.165, 1.54) is 13.3 Å². The first kappa shape index (κ1) is 19.7. The fourth-order valence-electron chi connectivity index (χ4n) is 3.23. The molecule has 0 atom stereocenters. The van der Waals surface area contributed by atoms with Crippen molar-refractivity contribution in [2.45, 2.75) is 37.8 Å². The minimum atomic E-state index is -0.150. The first-order valence-corrected chi connectivity index (χ1v) is 9.18. The van der Waals surface area contributed by atoms with E-state index in [4.69, 9.17) is 18.9 Å². The average molecular weight is 387 g/mol. The maximum absolute atomic E-state index is 12.6. The highest BCUT2D eigenvalue weighted by Gasteiger charge is 2.25. The number of hydrogen-bond acceptors (Lipinski definition) is 7. The van der Waals surface area contributed by atoms with E-state index in [9.17, 15) is 4.79 Å². The van der Waals surface area contributed by atoms with Gasteiger partial charge in [0.1, 0.15) is 17.6 Å². The van der Waals surface area contributed by atoms with Gasteiger partial charge in [0, 0.05) is 12.1 Å². The van der Waals surface area contributed by atoms with Crippen LogP contribution in [0.5, 0.6) is 23.3 Å². The molecule has 28 heavy (non-hydrogen) atoms. The predicted octanol–water partition coefficient (Wildman–Crippen LogP) is 2.62. The third-order valence-electron chi connectivity index (χ3n) is 4.75. The SMILES string of the molecule is COc1ccc(C(=O)NC2CCC(Oc3cncc(OC)n3)CC2)c(OC)c1. The van der Waals surface area contributed by atoms with E-state index >= 15 is 0 Å². The summed E-state index contributed by atoms with van der Waals surface area (Å²) >= 11 is 0. The van der Waals surface area contributed by atoms with Crippen molar-refractivity contribution in [1.82, 2.24) is 15.3 Å². The van der Waals surface area contributed by atoms with Crippen molar-refractivity contribution in [1.29, 1.82) is 0 Å². The number of carbonyl (C=O) groups excluding carboxylic acids is 1. The molecule has 1 N–H and O–H groups in total. The fraction of sp³-hybridized carbons (Fsp3) is 0.450. The molecule has 2 aromatic rings. The molecule has 0 unspecified atom stereocenters. The summed E-state index contributed by atoms with van der Waals surface area (Å²) in [7, 11) is 4.65. The van der Waals surface area contributed by atoms with Gasteiger partial charge in [0.15, 0.2) is 0 Å². The van der Waals surface area contributed by atoms with Gasteiger partial charge in [-0.05, 0) is 37.8 Å². The van der Waals surface area contributed by atoms with Gasteiger partial charge in [0.25, 0.3) is 5.91 Å². The van der Waals surface area contributed by atoms with Gasteiger partial charge in [-0.25, -0.2) is 0 Å². The molecule has 1 amide bonds. The molecule has 1 aliphatic carbocycles. The lowest BCUT2D eigenvalue weighted by atomic mass is 9.92. The summed E-state index contributed by atoms with van der Waals surface area (Å²) in [5.74, 6) is 1.86. The van der Waals surface area contributed by atoms with Gasteiger partial charge in [-0.15, -0.1) is 0 Å². The van der Waals surface area contributed by atoms with Crippen molar-refractivity contribution >= 4 is 5.91 Å². The lowest BCUT2D eigenvalue weighted by molar-refractivity contribution is 0.0886. The summed E-state index contributed by atoms with van der Waals surface area (Å²) in [6.07, 6.45) is 6.45. The van der Waals surface area contributed by atoms with E-state index in [1.807, 2.05) is 0 Å². The second kappa shape index (κ2) is 9.25. The third kappa shape index (κ3) is 4.82. The molecule has 1 aliphatic rings. The minimum absolute atomic E-state index is 0.0464. The number of hydrogen-bond donors (Lipinski definition) is 1. The second-order valence-electron chi connectivity index (χ2n) is 6.53.